The predicted octanol–water partition coefficient (Wildman–Crippen LogP) is 2.58. The maximum atomic E-state index is 13.4. The van der Waals surface area contributed by atoms with Crippen molar-refractivity contribution in [3.63, 3.8) is 0 Å². The van der Waals surface area contributed by atoms with Crippen molar-refractivity contribution in [3.8, 4) is 5.75 Å². The van der Waals surface area contributed by atoms with Crippen LogP contribution in [0.25, 0.3) is 0 Å². The molecule has 0 amide bonds. The van der Waals surface area contributed by atoms with Crippen molar-refractivity contribution in [3.05, 3.63) is 17.9 Å². The molecule has 0 aliphatic heterocycles. The van der Waals surface area contributed by atoms with E-state index in [2.05, 4.69) is 10.1 Å². The number of ether oxygens (including phenoxy) is 1. The summed E-state index contributed by atoms with van der Waals surface area (Å²) in [6.45, 7) is -1.29. The Morgan fingerprint density at radius 1 is 1.45 bits per heavy atom. The first-order valence-corrected chi connectivity index (χ1v) is 7.62. The summed E-state index contributed by atoms with van der Waals surface area (Å²) in [5.41, 5.74) is 6.01. The number of rotatable bonds is 7. The molecular weight excluding hydrogens is 293 g/mol. The van der Waals surface area contributed by atoms with E-state index in [1.54, 1.807) is 6.26 Å². The zero-order valence-corrected chi connectivity index (χ0v) is 12.0. The molecule has 1 aromatic carbocycles. The topological polar surface area (TPSA) is 64.3 Å². The molecule has 0 spiro atoms. The number of halogens is 3. The van der Waals surface area contributed by atoms with Crippen LogP contribution in [0.1, 0.15) is 13.3 Å². The molecule has 0 heterocycles. The Labute approximate surface area is 117 Å². The molecule has 2 unspecified atom stereocenters. The number of hydrogen-bond acceptors (Lipinski definition) is 4. The van der Waals surface area contributed by atoms with E-state index in [0.29, 0.717) is 17.9 Å². The van der Waals surface area contributed by atoms with Gasteiger partial charge in [-0.2, -0.15) is 8.78 Å². The second-order valence-electron chi connectivity index (χ2n) is 4.36. The van der Waals surface area contributed by atoms with Gasteiger partial charge in [0, 0.05) is 41.0 Å². The van der Waals surface area contributed by atoms with E-state index in [4.69, 9.17) is 5.73 Å². The maximum Gasteiger partial charge on any atom is 0.387 e. The van der Waals surface area contributed by atoms with Gasteiger partial charge in [0.1, 0.15) is 0 Å². The molecule has 20 heavy (non-hydrogen) atoms. The van der Waals surface area contributed by atoms with Crippen LogP contribution < -0.4 is 15.8 Å². The summed E-state index contributed by atoms with van der Waals surface area (Å²) in [5, 5.41) is 2.96. The highest BCUT2D eigenvalue weighted by molar-refractivity contribution is 7.84. The first-order valence-electron chi connectivity index (χ1n) is 5.90. The van der Waals surface area contributed by atoms with Crippen LogP contribution in [0.2, 0.25) is 0 Å². The molecule has 0 radical (unpaired) electrons. The normalized spacial score (nSPS) is 14.1. The number of nitrogen functional groups attached to an aromatic ring is 1. The fourth-order valence-corrected chi connectivity index (χ4v) is 2.25. The fraction of sp³-hybridized carbons (Fsp3) is 0.500. The number of nitrogens with two attached hydrogens (primary N) is 1. The molecule has 0 aromatic heterocycles. The van der Waals surface area contributed by atoms with Crippen molar-refractivity contribution < 1.29 is 22.1 Å². The summed E-state index contributed by atoms with van der Waals surface area (Å²) in [7, 11) is -0.920. The molecule has 2 atom stereocenters. The molecule has 1 aromatic rings. The van der Waals surface area contributed by atoms with Crippen molar-refractivity contribution in [2.45, 2.75) is 26.0 Å². The molecule has 0 bridgehead atoms. The minimum Gasteiger partial charge on any atom is -0.432 e. The standard InChI is InChI=1S/C12H17F3N2O2S/c1-7(3-4-20(2)18)17-10-6-11(19-12(14)15)8(13)5-9(10)16/h5-7,12,17H,3-4,16H2,1-2H3. The SMILES string of the molecule is CC(CCS(C)=O)Nc1cc(OC(F)F)c(F)cc1N. The minimum atomic E-state index is -3.11. The number of nitrogens with one attached hydrogen (secondary N) is 1. The van der Waals surface area contributed by atoms with Gasteiger partial charge in [-0.15, -0.1) is 0 Å². The van der Waals surface area contributed by atoms with Crippen LogP contribution in [-0.4, -0.2) is 28.9 Å². The van der Waals surface area contributed by atoms with Gasteiger partial charge in [0.25, 0.3) is 0 Å². The smallest absolute Gasteiger partial charge is 0.387 e. The Bertz CT molecular complexity index is 486. The molecule has 0 aliphatic rings. The van der Waals surface area contributed by atoms with Crippen LogP contribution in [-0.2, 0) is 10.8 Å². The fourth-order valence-electron chi connectivity index (χ4n) is 1.56. The lowest BCUT2D eigenvalue weighted by Gasteiger charge is -2.17. The molecule has 114 valence electrons. The molecule has 0 fully saturated rings. The monoisotopic (exact) mass is 310 g/mol. The number of hydrogen-bond donors (Lipinski definition) is 2. The first-order chi connectivity index (χ1) is 9.29. The molecule has 1 rings (SSSR count). The Kier molecular flexibility index (Phi) is 6.12. The second-order valence-corrected chi connectivity index (χ2v) is 5.91. The number of anilines is 2. The molecule has 0 saturated heterocycles. The lowest BCUT2D eigenvalue weighted by Crippen LogP contribution is -2.19. The van der Waals surface area contributed by atoms with E-state index in [-0.39, 0.29) is 11.7 Å². The Morgan fingerprint density at radius 3 is 2.65 bits per heavy atom. The first kappa shape index (κ1) is 16.6. The van der Waals surface area contributed by atoms with Crippen LogP contribution in [0.3, 0.4) is 0 Å². The number of alkyl halides is 2. The Morgan fingerprint density at radius 2 is 2.10 bits per heavy atom. The van der Waals surface area contributed by atoms with Gasteiger partial charge in [-0.1, -0.05) is 0 Å². The van der Waals surface area contributed by atoms with Crippen molar-refractivity contribution >= 4 is 22.2 Å². The van der Waals surface area contributed by atoms with Crippen LogP contribution in [0.15, 0.2) is 12.1 Å². The van der Waals surface area contributed by atoms with Crippen molar-refractivity contribution in [2.75, 3.05) is 23.1 Å². The van der Waals surface area contributed by atoms with Gasteiger partial charge in [-0.3, -0.25) is 4.21 Å². The van der Waals surface area contributed by atoms with E-state index in [1.807, 2.05) is 6.92 Å². The summed E-state index contributed by atoms with van der Waals surface area (Å²) in [6.07, 6.45) is 2.19. The predicted molar refractivity (Wildman–Crippen MR) is 74.1 cm³/mol. The lowest BCUT2D eigenvalue weighted by molar-refractivity contribution is -0.0521. The van der Waals surface area contributed by atoms with E-state index in [9.17, 15) is 17.4 Å². The van der Waals surface area contributed by atoms with Gasteiger partial charge < -0.3 is 15.8 Å². The van der Waals surface area contributed by atoms with E-state index < -0.39 is 29.0 Å². The quantitative estimate of drug-likeness (QED) is 0.760. The summed E-state index contributed by atoms with van der Waals surface area (Å²) in [5.74, 6) is -1.02. The van der Waals surface area contributed by atoms with Crippen molar-refractivity contribution in [1.82, 2.24) is 0 Å². The third-order valence-electron chi connectivity index (χ3n) is 2.56. The number of benzene rings is 1. The zero-order chi connectivity index (χ0) is 15.3. The molecule has 0 saturated carbocycles. The van der Waals surface area contributed by atoms with E-state index >= 15 is 0 Å². The highest BCUT2D eigenvalue weighted by Gasteiger charge is 2.14. The average molecular weight is 310 g/mol. The van der Waals surface area contributed by atoms with Crippen LogP contribution >= 0.6 is 0 Å². The van der Waals surface area contributed by atoms with Crippen LogP contribution in [0, 0.1) is 5.82 Å². The van der Waals surface area contributed by atoms with Gasteiger partial charge in [0.2, 0.25) is 0 Å². The second kappa shape index (κ2) is 7.37. The van der Waals surface area contributed by atoms with Crippen LogP contribution in [0.4, 0.5) is 24.5 Å². The maximum absolute atomic E-state index is 13.4. The third kappa shape index (κ3) is 5.28. The largest absolute Gasteiger partial charge is 0.432 e. The molecule has 8 heteroatoms. The van der Waals surface area contributed by atoms with Gasteiger partial charge >= 0.3 is 6.61 Å². The lowest BCUT2D eigenvalue weighted by atomic mass is 10.2. The summed E-state index contributed by atoms with van der Waals surface area (Å²) >= 11 is 0. The van der Waals surface area contributed by atoms with Crippen molar-refractivity contribution in [1.29, 1.82) is 0 Å². The molecule has 4 nitrogen and oxygen atoms in total. The molecule has 3 N–H and O–H groups in total. The molecular formula is C12H17F3N2O2S. The summed E-state index contributed by atoms with van der Waals surface area (Å²) < 4.78 is 52.7. The zero-order valence-electron chi connectivity index (χ0n) is 11.2. The minimum absolute atomic E-state index is 0.0913. The highest BCUT2D eigenvalue weighted by atomic mass is 32.2. The van der Waals surface area contributed by atoms with Crippen LogP contribution in [0.5, 0.6) is 5.75 Å². The Balaban J connectivity index is 2.80. The van der Waals surface area contributed by atoms with Gasteiger partial charge in [-0.25, -0.2) is 4.39 Å². The summed E-state index contributed by atoms with van der Waals surface area (Å²) in [6, 6.07) is 1.92. The summed E-state index contributed by atoms with van der Waals surface area (Å²) in [4.78, 5) is 0. The Hall–Kier alpha value is -1.44. The van der Waals surface area contributed by atoms with Gasteiger partial charge in [-0.05, 0) is 13.3 Å². The molecule has 0 aliphatic carbocycles. The van der Waals surface area contributed by atoms with Gasteiger partial charge in [0.15, 0.2) is 11.6 Å². The highest BCUT2D eigenvalue weighted by Crippen LogP contribution is 2.29. The van der Waals surface area contributed by atoms with Crippen molar-refractivity contribution in [2.24, 2.45) is 0 Å². The van der Waals surface area contributed by atoms with Gasteiger partial charge in [0.05, 0.1) is 11.4 Å². The van der Waals surface area contributed by atoms with E-state index in [1.165, 1.54) is 0 Å². The third-order valence-corrected chi connectivity index (χ3v) is 3.37. The van der Waals surface area contributed by atoms with E-state index in [0.717, 1.165) is 12.1 Å². The average Bonchev–Trinajstić information content (AvgIpc) is 2.32.